The van der Waals surface area contributed by atoms with E-state index in [4.69, 9.17) is 15.0 Å². The van der Waals surface area contributed by atoms with E-state index in [0.717, 1.165) is 61.8 Å². The quantitative estimate of drug-likeness (QED) is 0.137. The normalized spacial score (nSPS) is 12.0. The van der Waals surface area contributed by atoms with Crippen LogP contribution in [0.4, 0.5) is 0 Å². The van der Waals surface area contributed by atoms with Gasteiger partial charge in [-0.05, 0) is 202 Å². The van der Waals surface area contributed by atoms with Gasteiger partial charge in [0.25, 0.3) is 0 Å². The highest BCUT2D eigenvalue weighted by Crippen LogP contribution is 2.61. The lowest BCUT2D eigenvalue weighted by Crippen LogP contribution is -1.94. The highest BCUT2D eigenvalue weighted by atomic mass is 15.0. The fourth-order valence-corrected chi connectivity index (χ4v) is 16.7. The molecule has 19 aromatic rings. The Balaban J connectivity index is 0.659. The first-order valence-corrected chi connectivity index (χ1v) is 34.3. The number of imidazole rings is 2. The van der Waals surface area contributed by atoms with Gasteiger partial charge in [-0.2, -0.15) is 0 Å². The first-order valence-electron chi connectivity index (χ1n) is 34.3. The molecule has 0 radical (unpaired) electrons. The maximum atomic E-state index is 5.14. The molecular weight excluding hydrogens is 1210 g/mol. The van der Waals surface area contributed by atoms with Crippen molar-refractivity contribution in [2.45, 2.75) is 0 Å². The molecule has 5 heterocycles. The monoisotopic (exact) mass is 1270 g/mol. The molecule has 21 rings (SSSR count). The van der Waals surface area contributed by atoms with Crippen LogP contribution in [0.3, 0.4) is 0 Å². The Labute approximate surface area is 577 Å². The second-order valence-corrected chi connectivity index (χ2v) is 26.5. The molecule has 462 valence electrons. The number of rotatable bonds is 10. The first-order chi connectivity index (χ1) is 49.6. The molecule has 0 unspecified atom stereocenters. The van der Waals surface area contributed by atoms with Crippen molar-refractivity contribution in [3.8, 4) is 156 Å². The Morgan fingerprint density at radius 2 is 0.560 bits per heavy atom. The molecule has 2 aliphatic carbocycles. The Morgan fingerprint density at radius 3 is 1.08 bits per heavy atom. The van der Waals surface area contributed by atoms with Gasteiger partial charge in [0.1, 0.15) is 11.3 Å². The smallest absolute Gasteiger partial charge is 0.137 e. The zero-order valence-electron chi connectivity index (χ0n) is 54.1. The molecule has 0 fully saturated rings. The zero-order chi connectivity index (χ0) is 65.5. The fourth-order valence-electron chi connectivity index (χ4n) is 16.7. The van der Waals surface area contributed by atoms with E-state index in [0.29, 0.717) is 0 Å². The van der Waals surface area contributed by atoms with Gasteiger partial charge in [-0.25, -0.2) is 9.97 Å². The summed E-state index contributed by atoms with van der Waals surface area (Å²) in [6.45, 7) is 0. The SMILES string of the molecule is c1ccc(-c2ccc3nc(-c4ccc(-c5ccc6c7c(cccc57)-c5c-6c(-c6ccc(-c7ccc(-c8c9c(c(-c%10ccccc%10)c%10ccccc8%10)-c8ccc(-c%10ccc(-c%11cn%12ccccc%12n%11)cn%10)c%10cccc-9c8%10)cc7)cc6)c6ccccc6c5-c5ccccc5)cc4)cn3c2)cc1. The third kappa shape index (κ3) is 8.59. The predicted octanol–water partition coefficient (Wildman–Crippen LogP) is 25.0. The second kappa shape index (κ2) is 22.1. The molecular formula is C95H57N5. The molecule has 5 aromatic heterocycles. The van der Waals surface area contributed by atoms with Crippen LogP contribution in [0.15, 0.2) is 346 Å². The molecule has 0 bridgehead atoms. The molecule has 2 aliphatic rings. The summed E-state index contributed by atoms with van der Waals surface area (Å²) in [5, 5.41) is 9.91. The van der Waals surface area contributed by atoms with Crippen LogP contribution in [0, 0.1) is 0 Å². The van der Waals surface area contributed by atoms with Gasteiger partial charge < -0.3 is 8.80 Å². The molecule has 0 N–H and O–H groups in total. The summed E-state index contributed by atoms with van der Waals surface area (Å²) < 4.78 is 4.19. The zero-order valence-corrected chi connectivity index (χ0v) is 54.1. The summed E-state index contributed by atoms with van der Waals surface area (Å²) in [7, 11) is 0. The van der Waals surface area contributed by atoms with E-state index in [2.05, 4.69) is 325 Å². The van der Waals surface area contributed by atoms with Crippen molar-refractivity contribution in [1.29, 1.82) is 0 Å². The standard InChI is InChI=1S/C95H57N5/c1-4-18-58(19-5-1)68-46-52-85-97-82(57-100(85)55-68)62-39-37-61(38-40-62)69-47-49-79-90-71(69)28-16-30-77(90)92-86(63-20-6-2-7-21-63)73-24-10-13-27-76(73)89(95(79)92)66-43-35-60(36-44-66)59-33-41-65(42-34-59)88-75-26-12-11-25-74(75)87(64-22-8-3-9-23-64)94-80-50-48-70(72-29-17-31-78(91(72)80)93(88)94)81-51-45-67(54-96-81)83-56-99-53-15-14-32-84(99)98-83/h1-57H. The molecule has 0 saturated carbocycles. The summed E-state index contributed by atoms with van der Waals surface area (Å²) >= 11 is 0. The number of nitrogens with zero attached hydrogens (tertiary/aromatic N) is 5. The Hall–Kier alpha value is -13.4. The van der Waals surface area contributed by atoms with Crippen molar-refractivity contribution in [2.75, 3.05) is 0 Å². The highest BCUT2D eigenvalue weighted by molar-refractivity contribution is 6.31. The lowest BCUT2D eigenvalue weighted by Gasteiger charge is -2.21. The number of benzene rings is 14. The van der Waals surface area contributed by atoms with E-state index >= 15 is 0 Å². The summed E-state index contributed by atoms with van der Waals surface area (Å²) in [5.41, 5.74) is 34.7. The van der Waals surface area contributed by atoms with Crippen molar-refractivity contribution >= 4 is 54.4 Å². The maximum absolute atomic E-state index is 5.14. The van der Waals surface area contributed by atoms with Gasteiger partial charge >= 0.3 is 0 Å². The third-order valence-corrected chi connectivity index (χ3v) is 21.1. The molecule has 14 aromatic carbocycles. The van der Waals surface area contributed by atoms with Gasteiger partial charge in [0.05, 0.1) is 17.1 Å². The van der Waals surface area contributed by atoms with Crippen molar-refractivity contribution in [3.63, 3.8) is 0 Å². The number of hydrogen-bond donors (Lipinski definition) is 0. The van der Waals surface area contributed by atoms with Crippen LogP contribution in [0.2, 0.25) is 0 Å². The fraction of sp³-hybridized carbons (Fsp3) is 0. The number of fused-ring (bicyclic) bond motifs is 10. The molecule has 0 amide bonds. The summed E-state index contributed by atoms with van der Waals surface area (Å²) in [6.07, 6.45) is 10.4. The van der Waals surface area contributed by atoms with Crippen LogP contribution < -0.4 is 0 Å². The van der Waals surface area contributed by atoms with Gasteiger partial charge in [0, 0.05) is 47.7 Å². The first kappa shape index (κ1) is 55.9. The minimum absolute atomic E-state index is 0.900. The van der Waals surface area contributed by atoms with Crippen molar-refractivity contribution in [2.24, 2.45) is 0 Å². The lowest BCUT2D eigenvalue weighted by molar-refractivity contribution is 1.19. The molecule has 0 atom stereocenters. The van der Waals surface area contributed by atoms with Gasteiger partial charge in [-0.15, -0.1) is 0 Å². The Kier molecular flexibility index (Phi) is 12.4. The molecule has 0 saturated heterocycles. The Morgan fingerprint density at radius 1 is 0.190 bits per heavy atom. The summed E-state index contributed by atoms with van der Waals surface area (Å²) in [4.78, 5) is 15.1. The molecule has 5 nitrogen and oxygen atoms in total. The van der Waals surface area contributed by atoms with E-state index in [1.807, 2.05) is 30.6 Å². The minimum atomic E-state index is 0.900. The van der Waals surface area contributed by atoms with Crippen LogP contribution in [0.1, 0.15) is 0 Å². The van der Waals surface area contributed by atoms with Gasteiger partial charge in [0.2, 0.25) is 0 Å². The van der Waals surface area contributed by atoms with Crippen molar-refractivity contribution < 1.29 is 0 Å². The second-order valence-electron chi connectivity index (χ2n) is 26.5. The minimum Gasteiger partial charge on any atom is -0.306 e. The van der Waals surface area contributed by atoms with Gasteiger partial charge in [0.15, 0.2) is 0 Å². The summed E-state index contributed by atoms with van der Waals surface area (Å²) in [6, 6.07) is 116. The molecule has 0 spiro atoms. The van der Waals surface area contributed by atoms with Crippen molar-refractivity contribution in [1.82, 2.24) is 23.8 Å². The Bertz CT molecular complexity index is 6540. The number of pyridine rings is 3. The topological polar surface area (TPSA) is 47.5 Å². The van der Waals surface area contributed by atoms with Crippen LogP contribution in [-0.2, 0) is 0 Å². The third-order valence-electron chi connectivity index (χ3n) is 21.1. The lowest BCUT2D eigenvalue weighted by atomic mass is 9.82. The maximum Gasteiger partial charge on any atom is 0.137 e. The molecule has 5 heteroatoms. The van der Waals surface area contributed by atoms with E-state index in [1.165, 1.54) is 149 Å². The van der Waals surface area contributed by atoms with Crippen LogP contribution >= 0.6 is 0 Å². The van der Waals surface area contributed by atoms with E-state index in [9.17, 15) is 0 Å². The number of aromatic nitrogens is 5. The summed E-state index contributed by atoms with van der Waals surface area (Å²) in [5.74, 6) is 0. The van der Waals surface area contributed by atoms with Crippen LogP contribution in [0.5, 0.6) is 0 Å². The van der Waals surface area contributed by atoms with Crippen molar-refractivity contribution in [3.05, 3.63) is 346 Å². The van der Waals surface area contributed by atoms with E-state index in [-0.39, 0.29) is 0 Å². The predicted molar refractivity (Wildman–Crippen MR) is 415 cm³/mol. The highest BCUT2D eigenvalue weighted by Gasteiger charge is 2.34. The average molecular weight is 1270 g/mol. The molecule has 0 aliphatic heterocycles. The van der Waals surface area contributed by atoms with Crippen LogP contribution in [-0.4, -0.2) is 23.8 Å². The van der Waals surface area contributed by atoms with Gasteiger partial charge in [-0.1, -0.05) is 279 Å². The number of hydrogen-bond acceptors (Lipinski definition) is 3. The van der Waals surface area contributed by atoms with Gasteiger partial charge in [-0.3, -0.25) is 4.98 Å². The van der Waals surface area contributed by atoms with E-state index < -0.39 is 0 Å². The largest absolute Gasteiger partial charge is 0.306 e. The average Bonchev–Trinajstić information content (AvgIpc) is 1.52. The molecule has 100 heavy (non-hydrogen) atoms. The van der Waals surface area contributed by atoms with Crippen LogP contribution in [0.25, 0.3) is 211 Å². The van der Waals surface area contributed by atoms with E-state index in [1.54, 1.807) is 0 Å².